The third kappa shape index (κ3) is 10.7. The molecule has 11 heteroatoms. The number of aryl methyl sites for hydroxylation is 1. The molecule has 6 unspecified atom stereocenters. The van der Waals surface area contributed by atoms with Gasteiger partial charge in [-0.3, -0.25) is 9.69 Å². The number of amides is 1. The highest BCUT2D eigenvalue weighted by molar-refractivity contribution is 7.89. The molecule has 59 heavy (non-hydrogen) atoms. The number of sulfonamides is 1. The predicted octanol–water partition coefficient (Wildman–Crippen LogP) is 7.26. The summed E-state index contributed by atoms with van der Waals surface area (Å²) in [4.78, 5) is 16.3. The second-order valence-corrected chi connectivity index (χ2v) is 17.5. The Labute approximate surface area is 348 Å². The predicted molar refractivity (Wildman–Crippen MR) is 229 cm³/mol. The number of aliphatic hydroxyl groups excluding tert-OH is 1. The zero-order valence-electron chi connectivity index (χ0n) is 34.0. The maximum Gasteiger partial charge on any atom is 0.241 e. The molecule has 0 spiro atoms. The van der Waals surface area contributed by atoms with Crippen molar-refractivity contribution >= 4 is 15.9 Å². The molecular weight excluding hydrogens is 763 g/mol. The molecule has 2 aliphatic heterocycles. The van der Waals surface area contributed by atoms with Crippen molar-refractivity contribution in [1.82, 2.24) is 14.9 Å². The molecule has 0 saturated carbocycles. The lowest BCUT2D eigenvalue weighted by Crippen LogP contribution is -2.47. The Kier molecular flexibility index (Phi) is 14.1. The van der Waals surface area contributed by atoms with Gasteiger partial charge in [0.15, 0.2) is 6.29 Å². The summed E-state index contributed by atoms with van der Waals surface area (Å²) < 4.78 is 48.7. The molecule has 6 atom stereocenters. The van der Waals surface area contributed by atoms with E-state index in [9.17, 15) is 18.3 Å². The van der Waals surface area contributed by atoms with Gasteiger partial charge in [0.05, 0.1) is 30.3 Å². The maximum atomic E-state index is 13.7. The van der Waals surface area contributed by atoms with Crippen molar-refractivity contribution in [2.24, 2.45) is 5.92 Å². The molecule has 7 rings (SSSR count). The van der Waals surface area contributed by atoms with Crippen molar-refractivity contribution in [3.05, 3.63) is 161 Å². The van der Waals surface area contributed by atoms with Crippen LogP contribution in [0.1, 0.15) is 65.5 Å². The Balaban J connectivity index is 1.08. The van der Waals surface area contributed by atoms with Gasteiger partial charge < -0.3 is 24.6 Å². The summed E-state index contributed by atoms with van der Waals surface area (Å²) in [7, 11) is -2.21. The number of carbonyl (C=O) groups is 1. The van der Waals surface area contributed by atoms with E-state index in [1.54, 1.807) is 31.4 Å². The van der Waals surface area contributed by atoms with Crippen molar-refractivity contribution in [3.8, 4) is 11.1 Å². The van der Waals surface area contributed by atoms with Gasteiger partial charge in [0.25, 0.3) is 0 Å². The molecule has 0 aromatic heterocycles. The number of carbonyl (C=O) groups excluding carboxylic acids is 1. The molecule has 310 valence electrons. The van der Waals surface area contributed by atoms with E-state index in [1.165, 1.54) is 0 Å². The molecular formula is C48H55N3O7S. The highest BCUT2D eigenvalue weighted by Gasteiger charge is 2.40. The van der Waals surface area contributed by atoms with E-state index in [4.69, 9.17) is 14.2 Å². The standard InChI is InChI=1S/C48H55N3O7S/c1-33-17-23-43(24-18-33)59(54,55)50-44(27-35-10-5-4-6-11-35)47(53)49-29-37-12-7-13-39(26-37)40-14-8-15-41(28-40)48-57-45(30-51-25-9-16-42(51)32-56-3)34(2)46(58-48)38-21-19-36(31-52)20-22-38/h4-8,10-15,17-24,26,28,34,42,44-46,48,50,52H,9,16,25,27,29-32H2,1-3H3,(H,49,53). The fourth-order valence-corrected chi connectivity index (χ4v) is 9.32. The van der Waals surface area contributed by atoms with Crippen LogP contribution in [-0.2, 0) is 48.6 Å². The van der Waals surface area contributed by atoms with Gasteiger partial charge in [-0.1, -0.05) is 116 Å². The Hall–Kier alpha value is -4.72. The number of nitrogens with zero attached hydrogens (tertiary/aromatic N) is 1. The van der Waals surface area contributed by atoms with E-state index < -0.39 is 28.3 Å². The number of nitrogens with one attached hydrogen (secondary N) is 2. The van der Waals surface area contributed by atoms with E-state index >= 15 is 0 Å². The van der Waals surface area contributed by atoms with Gasteiger partial charge in [0.1, 0.15) is 6.04 Å². The monoisotopic (exact) mass is 817 g/mol. The lowest BCUT2D eigenvalue weighted by atomic mass is 9.89. The summed E-state index contributed by atoms with van der Waals surface area (Å²) in [6.45, 7) is 6.74. The molecule has 3 N–H and O–H groups in total. The average Bonchev–Trinajstić information content (AvgIpc) is 3.70. The number of aliphatic hydroxyl groups is 1. The zero-order chi connectivity index (χ0) is 41.4. The quantitative estimate of drug-likeness (QED) is 0.0951. The zero-order valence-corrected chi connectivity index (χ0v) is 34.8. The van der Waals surface area contributed by atoms with Crippen LogP contribution in [0.25, 0.3) is 11.1 Å². The minimum atomic E-state index is -3.97. The lowest BCUT2D eigenvalue weighted by Gasteiger charge is -2.43. The average molecular weight is 818 g/mol. The molecule has 10 nitrogen and oxygen atoms in total. The Bertz CT molecular complexity index is 2250. The van der Waals surface area contributed by atoms with Crippen molar-refractivity contribution in [2.75, 3.05) is 26.8 Å². The van der Waals surface area contributed by atoms with Crippen LogP contribution in [-0.4, -0.2) is 69.3 Å². The summed E-state index contributed by atoms with van der Waals surface area (Å²) >= 11 is 0. The molecule has 0 radical (unpaired) electrons. The number of ether oxygens (including phenoxy) is 3. The largest absolute Gasteiger partial charge is 0.392 e. The number of rotatable bonds is 16. The van der Waals surface area contributed by atoms with Gasteiger partial charge in [0, 0.05) is 37.7 Å². The van der Waals surface area contributed by atoms with Crippen LogP contribution in [0.3, 0.4) is 0 Å². The van der Waals surface area contributed by atoms with E-state index in [-0.39, 0.29) is 42.6 Å². The van der Waals surface area contributed by atoms with Crippen molar-refractivity contribution in [3.63, 3.8) is 0 Å². The first-order valence-corrected chi connectivity index (χ1v) is 21.9. The van der Waals surface area contributed by atoms with E-state index in [1.807, 2.05) is 104 Å². The van der Waals surface area contributed by atoms with E-state index in [0.717, 1.165) is 70.4 Å². The van der Waals surface area contributed by atoms with Gasteiger partial charge in [-0.2, -0.15) is 4.72 Å². The second kappa shape index (κ2) is 19.6. The van der Waals surface area contributed by atoms with Crippen LogP contribution >= 0.6 is 0 Å². The first kappa shape index (κ1) is 42.4. The van der Waals surface area contributed by atoms with Crippen LogP contribution in [0.4, 0.5) is 0 Å². The van der Waals surface area contributed by atoms with Crippen molar-refractivity contribution in [2.45, 2.75) is 81.7 Å². The number of methoxy groups -OCH3 is 1. The number of hydrogen-bond acceptors (Lipinski definition) is 8. The maximum absolute atomic E-state index is 13.7. The molecule has 2 aliphatic rings. The molecule has 5 aromatic carbocycles. The third-order valence-electron chi connectivity index (χ3n) is 11.5. The van der Waals surface area contributed by atoms with Gasteiger partial charge in [-0.25, -0.2) is 8.42 Å². The minimum Gasteiger partial charge on any atom is -0.392 e. The Morgan fingerprint density at radius 1 is 0.847 bits per heavy atom. The van der Waals surface area contributed by atoms with Gasteiger partial charge in [0.2, 0.25) is 15.9 Å². The van der Waals surface area contributed by atoms with Crippen LogP contribution in [0, 0.1) is 12.8 Å². The smallest absolute Gasteiger partial charge is 0.241 e. The Morgan fingerprint density at radius 3 is 2.29 bits per heavy atom. The third-order valence-corrected chi connectivity index (χ3v) is 13.0. The van der Waals surface area contributed by atoms with E-state index in [0.29, 0.717) is 12.6 Å². The normalized spacial score (nSPS) is 21.6. The van der Waals surface area contributed by atoms with Crippen LogP contribution in [0.2, 0.25) is 0 Å². The SMILES string of the molecule is COCC1CCCN1CC1OC(c2cccc(-c3cccc(CNC(=O)C(Cc4ccccc4)NS(=O)(=O)c4ccc(C)cc4)c3)c2)OC(c2ccc(CO)cc2)C1C. The molecule has 2 fully saturated rings. The van der Waals surface area contributed by atoms with Gasteiger partial charge in [-0.15, -0.1) is 0 Å². The minimum absolute atomic E-state index is 0.0171. The first-order chi connectivity index (χ1) is 28.6. The number of benzene rings is 5. The van der Waals surface area contributed by atoms with Crippen molar-refractivity contribution < 1.29 is 32.5 Å². The molecule has 2 saturated heterocycles. The molecule has 5 aromatic rings. The topological polar surface area (TPSA) is 126 Å². The first-order valence-electron chi connectivity index (χ1n) is 20.4. The summed E-state index contributed by atoms with van der Waals surface area (Å²) in [6, 6.07) is 39.4. The van der Waals surface area contributed by atoms with Crippen LogP contribution in [0.15, 0.2) is 132 Å². The summed E-state index contributed by atoms with van der Waals surface area (Å²) in [5.41, 5.74) is 7.36. The summed E-state index contributed by atoms with van der Waals surface area (Å²) in [6.07, 6.45) is 1.49. The second-order valence-electron chi connectivity index (χ2n) is 15.8. The fraction of sp³-hybridized carbons (Fsp3) is 0.354. The molecule has 0 bridgehead atoms. The highest BCUT2D eigenvalue weighted by atomic mass is 32.2. The number of likely N-dealkylation sites (tertiary alicyclic amines) is 1. The molecule has 1 amide bonds. The Morgan fingerprint density at radius 2 is 1.56 bits per heavy atom. The molecule has 0 aliphatic carbocycles. The van der Waals surface area contributed by atoms with Crippen LogP contribution < -0.4 is 10.0 Å². The summed E-state index contributed by atoms with van der Waals surface area (Å²) in [5, 5.41) is 12.7. The molecule has 2 heterocycles. The number of hydrogen-bond donors (Lipinski definition) is 3. The van der Waals surface area contributed by atoms with Crippen molar-refractivity contribution in [1.29, 1.82) is 0 Å². The lowest BCUT2D eigenvalue weighted by molar-refractivity contribution is -0.276. The highest BCUT2D eigenvalue weighted by Crippen LogP contribution is 2.43. The van der Waals surface area contributed by atoms with Gasteiger partial charge in [-0.05, 0) is 90.4 Å². The fourth-order valence-electron chi connectivity index (χ4n) is 8.12. The summed E-state index contributed by atoms with van der Waals surface area (Å²) in [5.74, 6) is -0.356. The van der Waals surface area contributed by atoms with Gasteiger partial charge >= 0.3 is 0 Å². The van der Waals surface area contributed by atoms with Crippen LogP contribution in [0.5, 0.6) is 0 Å². The van der Waals surface area contributed by atoms with E-state index in [2.05, 4.69) is 27.9 Å².